The number of benzene rings is 2. The third-order valence-corrected chi connectivity index (χ3v) is 7.14. The summed E-state index contributed by atoms with van der Waals surface area (Å²) >= 11 is 12.5. The van der Waals surface area contributed by atoms with Crippen molar-refractivity contribution in [3.8, 4) is 5.75 Å². The molecule has 3 amide bonds. The minimum atomic E-state index is -0.766. The lowest BCUT2D eigenvalue weighted by Crippen LogP contribution is -2.34. The van der Waals surface area contributed by atoms with Gasteiger partial charge in [0, 0.05) is 0 Å². The van der Waals surface area contributed by atoms with Gasteiger partial charge in [-0.05, 0) is 50.1 Å². The number of para-hydroxylation sites is 2. The van der Waals surface area contributed by atoms with E-state index in [4.69, 9.17) is 32.7 Å². The lowest BCUT2D eigenvalue weighted by molar-refractivity contribution is -0.122. The summed E-state index contributed by atoms with van der Waals surface area (Å²) in [5.41, 5.74) is 0.824. The number of ether oxygens (including phenoxy) is 2. The summed E-state index contributed by atoms with van der Waals surface area (Å²) in [5.74, 6) is -2.57. The molecule has 1 saturated heterocycles. The van der Waals surface area contributed by atoms with Crippen molar-refractivity contribution in [2.24, 2.45) is 11.8 Å². The van der Waals surface area contributed by atoms with Crippen molar-refractivity contribution in [1.82, 2.24) is 0 Å². The molecular formula is C25H24Cl2N2O6. The number of nitrogens with zero attached hydrogens (tertiary/aromatic N) is 1. The molecule has 1 heterocycles. The molecule has 8 nitrogen and oxygen atoms in total. The molecule has 0 unspecified atom stereocenters. The number of carbonyl (C=O) groups excluding carboxylic acids is 4. The zero-order valence-corrected chi connectivity index (χ0v) is 20.4. The molecule has 4 rings (SSSR count). The van der Waals surface area contributed by atoms with E-state index in [-0.39, 0.29) is 33.8 Å². The number of rotatable bonds is 7. The van der Waals surface area contributed by atoms with Crippen LogP contribution in [0.15, 0.2) is 48.5 Å². The van der Waals surface area contributed by atoms with E-state index in [9.17, 15) is 19.2 Å². The molecule has 35 heavy (non-hydrogen) atoms. The highest BCUT2D eigenvalue weighted by Gasteiger charge is 2.52. The molecule has 4 atom stereocenters. The first-order valence-electron chi connectivity index (χ1n) is 11.2. The molecule has 0 aromatic heterocycles. The Balaban J connectivity index is 1.41. The normalized spacial score (nSPS) is 23.6. The van der Waals surface area contributed by atoms with Crippen molar-refractivity contribution in [3.63, 3.8) is 0 Å². The number of hydrogen-bond donors (Lipinski definition) is 1. The summed E-state index contributed by atoms with van der Waals surface area (Å²) in [6.07, 6.45) is 0.648. The van der Waals surface area contributed by atoms with Crippen LogP contribution in [0.5, 0.6) is 5.75 Å². The molecule has 2 aliphatic rings. The van der Waals surface area contributed by atoms with E-state index in [0.29, 0.717) is 30.9 Å². The largest absolute Gasteiger partial charge is 0.492 e. The second-order valence-electron chi connectivity index (χ2n) is 8.33. The van der Waals surface area contributed by atoms with Gasteiger partial charge in [-0.1, -0.05) is 18.2 Å². The zero-order chi connectivity index (χ0) is 25.1. The van der Waals surface area contributed by atoms with Gasteiger partial charge in [-0.3, -0.25) is 19.3 Å². The van der Waals surface area contributed by atoms with Gasteiger partial charge in [0.2, 0.25) is 11.8 Å². The van der Waals surface area contributed by atoms with Crippen molar-refractivity contribution in [2.45, 2.75) is 30.5 Å². The van der Waals surface area contributed by atoms with Crippen LogP contribution >= 0.6 is 23.2 Å². The third kappa shape index (κ3) is 5.28. The number of fused-ring (bicyclic) bond motifs is 1. The summed E-state index contributed by atoms with van der Waals surface area (Å²) in [4.78, 5) is 51.9. The van der Waals surface area contributed by atoms with Crippen LogP contribution in [-0.2, 0) is 19.1 Å². The molecule has 1 aliphatic heterocycles. The van der Waals surface area contributed by atoms with Crippen LogP contribution in [0.4, 0.5) is 11.4 Å². The molecule has 0 radical (unpaired) electrons. The SMILES string of the molecule is CCOc1ccccc1NC(=O)COC(=O)c1cccc(N2C(=O)[C@H]3C[C@@H](Cl)[C@@H](Cl)C[C@H]3C2=O)c1. The van der Waals surface area contributed by atoms with Crippen molar-refractivity contribution in [2.75, 3.05) is 23.4 Å². The predicted octanol–water partition coefficient (Wildman–Crippen LogP) is 4.00. The van der Waals surface area contributed by atoms with Crippen LogP contribution in [0.3, 0.4) is 0 Å². The minimum Gasteiger partial charge on any atom is -0.492 e. The highest BCUT2D eigenvalue weighted by molar-refractivity contribution is 6.31. The smallest absolute Gasteiger partial charge is 0.338 e. The van der Waals surface area contributed by atoms with E-state index in [1.165, 1.54) is 12.1 Å². The Hall–Kier alpha value is -3.10. The van der Waals surface area contributed by atoms with Crippen LogP contribution in [0, 0.1) is 11.8 Å². The number of halogens is 2. The van der Waals surface area contributed by atoms with E-state index in [2.05, 4.69) is 5.32 Å². The summed E-state index contributed by atoms with van der Waals surface area (Å²) in [6.45, 7) is 1.74. The number of anilines is 2. The Labute approximate surface area is 212 Å². The maximum atomic E-state index is 13.0. The first-order valence-corrected chi connectivity index (χ1v) is 12.1. The molecule has 1 saturated carbocycles. The van der Waals surface area contributed by atoms with Crippen LogP contribution in [0.25, 0.3) is 0 Å². The molecule has 2 aromatic rings. The van der Waals surface area contributed by atoms with Crippen molar-refractivity contribution >= 4 is 58.3 Å². The monoisotopic (exact) mass is 518 g/mol. The number of hydrogen-bond acceptors (Lipinski definition) is 6. The molecule has 2 aromatic carbocycles. The Morgan fingerprint density at radius 2 is 1.66 bits per heavy atom. The molecule has 184 valence electrons. The second kappa shape index (κ2) is 10.7. The lowest BCUT2D eigenvalue weighted by Gasteiger charge is -2.28. The standard InChI is InChI=1S/C25H24Cl2N2O6/c1-2-34-21-9-4-3-8-20(21)28-22(30)13-35-25(33)14-6-5-7-15(10-14)29-23(31)16-11-18(26)19(27)12-17(16)24(29)32/h3-10,16-19H,2,11-13H2,1H3,(H,28,30)/t16-,17+,18+,19-. The molecule has 10 heteroatoms. The van der Waals surface area contributed by atoms with E-state index < -0.39 is 30.3 Å². The maximum Gasteiger partial charge on any atom is 0.338 e. The number of imide groups is 1. The van der Waals surface area contributed by atoms with Gasteiger partial charge < -0.3 is 14.8 Å². The quantitative estimate of drug-likeness (QED) is 0.337. The molecular weight excluding hydrogens is 495 g/mol. The number of amides is 3. The highest BCUT2D eigenvalue weighted by atomic mass is 35.5. The average Bonchev–Trinajstić information content (AvgIpc) is 3.08. The summed E-state index contributed by atoms with van der Waals surface area (Å²) in [5, 5.41) is 1.87. The van der Waals surface area contributed by atoms with Gasteiger partial charge in [-0.2, -0.15) is 0 Å². The first kappa shape index (κ1) is 25.0. The highest BCUT2D eigenvalue weighted by Crippen LogP contribution is 2.43. The Bertz CT molecular complexity index is 1130. The van der Waals surface area contributed by atoms with Crippen LogP contribution in [0.1, 0.15) is 30.1 Å². The van der Waals surface area contributed by atoms with Gasteiger partial charge in [-0.15, -0.1) is 23.2 Å². The Morgan fingerprint density at radius 1 is 1.00 bits per heavy atom. The molecule has 2 fully saturated rings. The molecule has 0 spiro atoms. The molecule has 0 bridgehead atoms. The van der Waals surface area contributed by atoms with E-state index >= 15 is 0 Å². The predicted molar refractivity (Wildman–Crippen MR) is 131 cm³/mol. The summed E-state index contributed by atoms with van der Waals surface area (Å²) < 4.78 is 10.6. The number of alkyl halides is 2. The minimum absolute atomic E-state index is 0.103. The third-order valence-electron chi connectivity index (χ3n) is 6.05. The summed E-state index contributed by atoms with van der Waals surface area (Å²) in [6, 6.07) is 12.9. The van der Waals surface area contributed by atoms with E-state index in [0.717, 1.165) is 4.90 Å². The van der Waals surface area contributed by atoms with Gasteiger partial charge in [0.05, 0.1) is 46.1 Å². The first-order chi connectivity index (χ1) is 16.8. The van der Waals surface area contributed by atoms with Crippen LogP contribution in [0.2, 0.25) is 0 Å². The zero-order valence-electron chi connectivity index (χ0n) is 18.9. The van der Waals surface area contributed by atoms with E-state index in [1.54, 1.807) is 36.4 Å². The number of esters is 1. The van der Waals surface area contributed by atoms with Gasteiger partial charge in [0.25, 0.3) is 5.91 Å². The Kier molecular flexibility index (Phi) is 7.62. The van der Waals surface area contributed by atoms with Crippen LogP contribution in [-0.4, -0.2) is 47.7 Å². The van der Waals surface area contributed by atoms with Gasteiger partial charge in [0.1, 0.15) is 5.75 Å². The fraction of sp³-hybridized carbons (Fsp3) is 0.360. The Morgan fingerprint density at radius 3 is 2.31 bits per heavy atom. The van der Waals surface area contributed by atoms with Gasteiger partial charge >= 0.3 is 5.97 Å². The fourth-order valence-electron chi connectivity index (χ4n) is 4.37. The maximum absolute atomic E-state index is 13.0. The molecule has 1 aliphatic carbocycles. The second-order valence-corrected chi connectivity index (χ2v) is 9.45. The van der Waals surface area contributed by atoms with Crippen molar-refractivity contribution in [3.05, 3.63) is 54.1 Å². The average molecular weight is 519 g/mol. The van der Waals surface area contributed by atoms with Gasteiger partial charge in [-0.25, -0.2) is 4.79 Å². The molecule has 1 N–H and O–H groups in total. The van der Waals surface area contributed by atoms with Crippen molar-refractivity contribution < 1.29 is 28.7 Å². The topological polar surface area (TPSA) is 102 Å². The van der Waals surface area contributed by atoms with Gasteiger partial charge in [0.15, 0.2) is 6.61 Å². The fourth-order valence-corrected chi connectivity index (χ4v) is 4.96. The summed E-state index contributed by atoms with van der Waals surface area (Å²) in [7, 11) is 0. The number of nitrogens with one attached hydrogen (secondary N) is 1. The van der Waals surface area contributed by atoms with E-state index in [1.807, 2.05) is 6.92 Å². The number of carbonyl (C=O) groups is 4. The lowest BCUT2D eigenvalue weighted by atomic mass is 9.80. The van der Waals surface area contributed by atoms with Crippen LogP contribution < -0.4 is 15.0 Å². The van der Waals surface area contributed by atoms with Crippen molar-refractivity contribution in [1.29, 1.82) is 0 Å².